The first-order valence-electron chi connectivity index (χ1n) is 2.46. The van der Waals surface area contributed by atoms with Crippen molar-refractivity contribution in [1.29, 1.82) is 0 Å². The van der Waals surface area contributed by atoms with Gasteiger partial charge < -0.3 is 15.0 Å². The third-order valence-electron chi connectivity index (χ3n) is 0.566. The Morgan fingerprint density at radius 2 is 1.45 bits per heavy atom. The van der Waals surface area contributed by atoms with Gasteiger partial charge in [0.1, 0.15) is 0 Å². The maximum atomic E-state index is 8.33. The molecule has 0 aliphatic carbocycles. The van der Waals surface area contributed by atoms with E-state index in [0.29, 0.717) is 0 Å². The van der Waals surface area contributed by atoms with Gasteiger partial charge in [-0.1, -0.05) is 6.07 Å². The quantitative estimate of drug-likeness (QED) is 0.530. The van der Waals surface area contributed by atoms with Gasteiger partial charge in [-0.25, -0.2) is 0 Å². The van der Waals surface area contributed by atoms with E-state index < -0.39 is 6.16 Å². The molecule has 0 atom stereocenters. The van der Waals surface area contributed by atoms with Gasteiger partial charge in [0.2, 0.25) is 0 Å². The Hall–Kier alpha value is -0.840. The summed E-state index contributed by atoms with van der Waals surface area (Å²) in [7, 11) is 0. The maximum absolute atomic E-state index is 8.33. The Balaban J connectivity index is 0. The van der Waals surface area contributed by atoms with E-state index >= 15 is 0 Å². The molecule has 1 heterocycles. The van der Waals surface area contributed by atoms with Crippen molar-refractivity contribution in [3.8, 4) is 0 Å². The van der Waals surface area contributed by atoms with E-state index in [4.69, 9.17) is 15.0 Å². The molecular formula is C6H5AgNO3. The molecule has 0 spiro atoms. The zero-order valence-electron chi connectivity index (χ0n) is 5.36. The summed E-state index contributed by atoms with van der Waals surface area (Å²) in [4.78, 5) is 12.1. The van der Waals surface area contributed by atoms with Crippen LogP contribution >= 0.6 is 0 Å². The van der Waals surface area contributed by atoms with Crippen molar-refractivity contribution in [1.82, 2.24) is 4.98 Å². The Morgan fingerprint density at radius 1 is 1.09 bits per heavy atom. The average molecular weight is 247 g/mol. The standard InChI is InChI=1S/C5H5N.CH2O3.Ag/c1-2-4-6-5-3-1;2-1(3)4;/h1-5H;(H2,2,3,4);/q;;+2/p-2. The topological polar surface area (TPSA) is 76.1 Å². The molecule has 5 heteroatoms. The largest absolute Gasteiger partial charge is 2.00 e. The minimum absolute atomic E-state index is 0. The van der Waals surface area contributed by atoms with E-state index in [2.05, 4.69) is 4.98 Å². The van der Waals surface area contributed by atoms with Crippen LogP contribution in [0.25, 0.3) is 0 Å². The molecule has 1 rings (SSSR count). The summed E-state index contributed by atoms with van der Waals surface area (Å²) in [5, 5.41) is 16.7. The molecular weight excluding hydrogens is 242 g/mol. The van der Waals surface area contributed by atoms with Crippen LogP contribution in [0.15, 0.2) is 30.6 Å². The number of carbonyl (C=O) groups excluding carboxylic acids is 1. The number of hydrogen-bond donors (Lipinski definition) is 0. The zero-order chi connectivity index (χ0) is 7.82. The van der Waals surface area contributed by atoms with Gasteiger partial charge in [0.15, 0.2) is 0 Å². The van der Waals surface area contributed by atoms with Crippen LogP contribution < -0.4 is 10.2 Å². The molecule has 0 amide bonds. The number of aromatic nitrogens is 1. The first kappa shape index (κ1) is 12.8. The Morgan fingerprint density at radius 3 is 1.55 bits per heavy atom. The molecule has 63 valence electrons. The van der Waals surface area contributed by atoms with Crippen molar-refractivity contribution in [2.24, 2.45) is 0 Å². The summed E-state index contributed by atoms with van der Waals surface area (Å²) in [6.45, 7) is 0. The van der Waals surface area contributed by atoms with Gasteiger partial charge in [-0.15, -0.1) is 0 Å². The van der Waals surface area contributed by atoms with Crippen LogP contribution in [0.1, 0.15) is 0 Å². The molecule has 1 aromatic rings. The van der Waals surface area contributed by atoms with Crippen molar-refractivity contribution < 1.29 is 37.4 Å². The van der Waals surface area contributed by atoms with E-state index in [-0.39, 0.29) is 22.4 Å². The second-order valence-electron chi connectivity index (χ2n) is 1.27. The minimum atomic E-state index is -2.33. The van der Waals surface area contributed by atoms with Crippen LogP contribution in [0.4, 0.5) is 4.79 Å². The van der Waals surface area contributed by atoms with E-state index in [1.54, 1.807) is 12.4 Å². The molecule has 0 fully saturated rings. The summed E-state index contributed by atoms with van der Waals surface area (Å²) in [6.07, 6.45) is 1.17. The second kappa shape index (κ2) is 9.16. The fraction of sp³-hybridized carbons (Fsp3) is 0. The smallest absolute Gasteiger partial charge is 0.652 e. The molecule has 11 heavy (non-hydrogen) atoms. The fourth-order valence-corrected chi connectivity index (χ4v) is 0.313. The second-order valence-corrected chi connectivity index (χ2v) is 1.27. The van der Waals surface area contributed by atoms with Crippen molar-refractivity contribution in [3.05, 3.63) is 30.6 Å². The van der Waals surface area contributed by atoms with Crippen LogP contribution in [0.5, 0.6) is 0 Å². The SMILES string of the molecule is O=C([O-])[O-].[Ag+2].c1ccncc1. The van der Waals surface area contributed by atoms with Crippen LogP contribution in [-0.2, 0) is 22.4 Å². The number of carboxylic acid groups (broad SMARTS) is 2. The average Bonchev–Trinajstić information content (AvgIpc) is 1.90. The molecule has 0 aliphatic rings. The first-order valence-corrected chi connectivity index (χ1v) is 2.46. The summed E-state index contributed by atoms with van der Waals surface area (Å²) >= 11 is 0. The zero-order valence-corrected chi connectivity index (χ0v) is 6.84. The molecule has 0 aliphatic heterocycles. The maximum Gasteiger partial charge on any atom is 2.00 e. The van der Waals surface area contributed by atoms with E-state index in [1.807, 2.05) is 18.2 Å². The molecule has 0 bridgehead atoms. The van der Waals surface area contributed by atoms with Crippen molar-refractivity contribution in [2.45, 2.75) is 0 Å². The summed E-state index contributed by atoms with van der Waals surface area (Å²) in [5.41, 5.74) is 0. The number of hydrogen-bond acceptors (Lipinski definition) is 4. The van der Waals surface area contributed by atoms with Crippen LogP contribution in [0, 0.1) is 0 Å². The van der Waals surface area contributed by atoms with Crippen LogP contribution in [0.3, 0.4) is 0 Å². The van der Waals surface area contributed by atoms with E-state index in [1.165, 1.54) is 0 Å². The Kier molecular flexibility index (Phi) is 10.7. The summed E-state index contributed by atoms with van der Waals surface area (Å²) in [5.74, 6) is 0. The van der Waals surface area contributed by atoms with Gasteiger partial charge >= 0.3 is 22.4 Å². The Bertz CT molecular complexity index is 150. The van der Waals surface area contributed by atoms with Crippen LogP contribution in [-0.4, -0.2) is 11.1 Å². The molecule has 0 aromatic carbocycles. The number of pyridine rings is 1. The third-order valence-corrected chi connectivity index (χ3v) is 0.566. The van der Waals surface area contributed by atoms with Gasteiger partial charge in [0.05, 0.1) is 0 Å². The predicted octanol–water partition coefficient (Wildman–Crippen LogP) is -1.37. The van der Waals surface area contributed by atoms with Crippen molar-refractivity contribution in [2.75, 3.05) is 0 Å². The van der Waals surface area contributed by atoms with Crippen molar-refractivity contribution in [3.63, 3.8) is 0 Å². The molecule has 0 saturated heterocycles. The van der Waals surface area contributed by atoms with Gasteiger partial charge in [-0.3, -0.25) is 4.98 Å². The monoisotopic (exact) mass is 246 g/mol. The minimum Gasteiger partial charge on any atom is -0.652 e. The molecule has 1 aromatic heterocycles. The molecule has 0 saturated carbocycles. The van der Waals surface area contributed by atoms with Crippen LogP contribution in [0.2, 0.25) is 0 Å². The fourth-order valence-electron chi connectivity index (χ4n) is 0.313. The normalized spacial score (nSPS) is 6.55. The molecule has 4 nitrogen and oxygen atoms in total. The number of carbonyl (C=O) groups is 1. The van der Waals surface area contributed by atoms with Gasteiger partial charge in [-0.05, 0) is 18.3 Å². The van der Waals surface area contributed by atoms with Crippen molar-refractivity contribution >= 4 is 6.16 Å². The molecule has 0 unspecified atom stereocenters. The first-order chi connectivity index (χ1) is 4.73. The summed E-state index contributed by atoms with van der Waals surface area (Å²) in [6, 6.07) is 5.72. The van der Waals surface area contributed by atoms with Gasteiger partial charge in [-0.2, -0.15) is 0 Å². The molecule has 0 N–H and O–H groups in total. The van der Waals surface area contributed by atoms with Gasteiger partial charge in [0, 0.05) is 12.4 Å². The Labute approximate surface area is 79.4 Å². The predicted molar refractivity (Wildman–Crippen MR) is 29.6 cm³/mol. The van der Waals surface area contributed by atoms with E-state index in [0.717, 1.165) is 0 Å². The number of rotatable bonds is 0. The summed E-state index contributed by atoms with van der Waals surface area (Å²) < 4.78 is 0. The van der Waals surface area contributed by atoms with Gasteiger partial charge in [0.25, 0.3) is 0 Å². The number of nitrogens with zero attached hydrogens (tertiary/aromatic N) is 1. The molecule has 1 radical (unpaired) electrons. The third kappa shape index (κ3) is 17.6. The van der Waals surface area contributed by atoms with E-state index in [9.17, 15) is 0 Å².